The van der Waals surface area contributed by atoms with Crippen molar-refractivity contribution in [1.82, 2.24) is 9.88 Å². The summed E-state index contributed by atoms with van der Waals surface area (Å²) in [5, 5.41) is 0. The molecule has 0 bridgehead atoms. The van der Waals surface area contributed by atoms with Crippen LogP contribution in [0.4, 0.5) is 13.2 Å². The molecule has 0 radical (unpaired) electrons. The van der Waals surface area contributed by atoms with Crippen molar-refractivity contribution >= 4 is 29.9 Å². The summed E-state index contributed by atoms with van der Waals surface area (Å²) in [4.78, 5) is 9.74. The summed E-state index contributed by atoms with van der Waals surface area (Å²) >= 11 is 0. The normalized spacial score (nSPS) is 16.0. The summed E-state index contributed by atoms with van der Waals surface area (Å²) in [6.07, 6.45) is 0.119. The number of guanidine groups is 1. The van der Waals surface area contributed by atoms with Crippen molar-refractivity contribution in [3.05, 3.63) is 23.9 Å². The zero-order chi connectivity index (χ0) is 16.0. The fourth-order valence-corrected chi connectivity index (χ4v) is 2.25. The maximum Gasteiger partial charge on any atom is 0.421 e. The van der Waals surface area contributed by atoms with Gasteiger partial charge in [0.25, 0.3) is 0 Å². The van der Waals surface area contributed by atoms with Crippen molar-refractivity contribution in [3.63, 3.8) is 0 Å². The van der Waals surface area contributed by atoms with Crippen LogP contribution in [0.3, 0.4) is 0 Å². The predicted molar refractivity (Wildman–Crippen MR) is 92.1 cm³/mol. The Labute approximate surface area is 150 Å². The van der Waals surface area contributed by atoms with Crippen molar-refractivity contribution in [3.8, 4) is 5.88 Å². The monoisotopic (exact) mass is 444 g/mol. The van der Waals surface area contributed by atoms with Crippen LogP contribution in [0.5, 0.6) is 5.88 Å². The first kappa shape index (κ1) is 19.8. The molecule has 1 aromatic rings. The van der Waals surface area contributed by atoms with E-state index >= 15 is 0 Å². The molecular formula is C14H20F3IN4O. The molecule has 0 aromatic carbocycles. The van der Waals surface area contributed by atoms with Crippen LogP contribution in [0.2, 0.25) is 0 Å². The van der Waals surface area contributed by atoms with Crippen molar-refractivity contribution in [1.29, 1.82) is 0 Å². The predicted octanol–water partition coefficient (Wildman–Crippen LogP) is 2.90. The summed E-state index contributed by atoms with van der Waals surface area (Å²) in [5.41, 5.74) is 4.97. The molecule has 1 saturated heterocycles. The number of halogens is 4. The van der Waals surface area contributed by atoms with E-state index in [2.05, 4.69) is 9.98 Å². The third-order valence-electron chi connectivity index (χ3n) is 3.36. The van der Waals surface area contributed by atoms with E-state index in [1.807, 2.05) is 4.90 Å². The topological polar surface area (TPSA) is 63.7 Å². The molecule has 23 heavy (non-hydrogen) atoms. The first-order chi connectivity index (χ1) is 10.5. The van der Waals surface area contributed by atoms with E-state index in [4.69, 9.17) is 10.5 Å². The number of hydrogen-bond donors (Lipinski definition) is 1. The van der Waals surface area contributed by atoms with Crippen molar-refractivity contribution in [2.24, 2.45) is 10.7 Å². The zero-order valence-corrected chi connectivity index (χ0v) is 14.9. The fourth-order valence-electron chi connectivity index (χ4n) is 2.25. The van der Waals surface area contributed by atoms with Gasteiger partial charge < -0.3 is 15.4 Å². The third-order valence-corrected chi connectivity index (χ3v) is 3.36. The van der Waals surface area contributed by atoms with Gasteiger partial charge in [-0.2, -0.15) is 13.2 Å². The highest BCUT2D eigenvalue weighted by Gasteiger charge is 2.34. The van der Waals surface area contributed by atoms with Gasteiger partial charge in [-0.25, -0.2) is 9.98 Å². The molecular weight excluding hydrogens is 424 g/mol. The summed E-state index contributed by atoms with van der Waals surface area (Å²) in [5.74, 6) is -0.0119. The van der Waals surface area contributed by atoms with Crippen molar-refractivity contribution in [2.75, 3.05) is 26.2 Å². The molecule has 0 amide bonds. The van der Waals surface area contributed by atoms with Crippen molar-refractivity contribution < 1.29 is 17.9 Å². The molecule has 1 fully saturated rings. The molecule has 2 N–H and O–H groups in total. The average molecular weight is 444 g/mol. The van der Waals surface area contributed by atoms with E-state index < -0.39 is 17.6 Å². The highest BCUT2D eigenvalue weighted by molar-refractivity contribution is 14.0. The second-order valence-electron chi connectivity index (χ2n) is 4.99. The Kier molecular flexibility index (Phi) is 7.86. The Bertz CT molecular complexity index is 519. The molecule has 1 aromatic heterocycles. The molecule has 0 saturated carbocycles. The molecule has 0 spiro atoms. The van der Waals surface area contributed by atoms with Gasteiger partial charge in [0.1, 0.15) is 12.2 Å². The van der Waals surface area contributed by atoms with E-state index in [-0.39, 0.29) is 37.1 Å². The molecule has 0 unspecified atom stereocenters. The fraction of sp³-hybridized carbons (Fsp3) is 0.571. The number of alkyl halides is 3. The largest absolute Gasteiger partial charge is 0.475 e. The second-order valence-corrected chi connectivity index (χ2v) is 4.99. The van der Waals surface area contributed by atoms with E-state index in [9.17, 15) is 13.2 Å². The van der Waals surface area contributed by atoms with E-state index in [1.54, 1.807) is 0 Å². The van der Waals surface area contributed by atoms with Crippen LogP contribution in [0.25, 0.3) is 0 Å². The number of rotatable bonds is 4. The molecule has 5 nitrogen and oxygen atoms in total. The van der Waals surface area contributed by atoms with E-state index in [0.29, 0.717) is 5.96 Å². The lowest BCUT2D eigenvalue weighted by Crippen LogP contribution is -2.41. The Morgan fingerprint density at radius 3 is 2.65 bits per heavy atom. The lowest BCUT2D eigenvalue weighted by atomic mass is 10.1. The molecule has 1 aliphatic rings. The first-order valence-corrected chi connectivity index (χ1v) is 7.18. The number of aromatic nitrogens is 1. The molecule has 2 rings (SSSR count). The van der Waals surface area contributed by atoms with E-state index in [0.717, 1.165) is 32.0 Å². The Balaban J connectivity index is 0.00000264. The Hall–Kier alpha value is -1.26. The van der Waals surface area contributed by atoms with Crippen LogP contribution in [-0.4, -0.2) is 42.1 Å². The zero-order valence-electron chi connectivity index (χ0n) is 12.6. The van der Waals surface area contributed by atoms with Crippen LogP contribution in [0.1, 0.15) is 24.8 Å². The highest BCUT2D eigenvalue weighted by Crippen LogP contribution is 2.34. The number of aliphatic imine (C=N–C) groups is 1. The quantitative estimate of drug-likeness (QED) is 0.336. The lowest BCUT2D eigenvalue weighted by molar-refractivity contribution is -0.139. The molecule has 9 heteroatoms. The van der Waals surface area contributed by atoms with Crippen LogP contribution in [-0.2, 0) is 6.18 Å². The minimum absolute atomic E-state index is 0. The standard InChI is InChI=1S/C14H19F3N4O.HI/c15-14(16,17)11-5-4-6-19-12(11)22-10-7-20-13(18)21-8-2-1-3-9-21;/h4-6H,1-3,7-10H2,(H2,18,20);1H. The molecule has 0 aliphatic carbocycles. The van der Waals surface area contributed by atoms with Gasteiger partial charge in [0.2, 0.25) is 5.88 Å². The number of nitrogens with two attached hydrogens (primary N) is 1. The maximum atomic E-state index is 12.8. The van der Waals surface area contributed by atoms with Gasteiger partial charge in [0.05, 0.1) is 6.54 Å². The Morgan fingerprint density at radius 2 is 2.00 bits per heavy atom. The lowest BCUT2D eigenvalue weighted by Gasteiger charge is -2.27. The summed E-state index contributed by atoms with van der Waals surface area (Å²) in [7, 11) is 0. The van der Waals surface area contributed by atoms with Gasteiger partial charge in [-0.3, -0.25) is 0 Å². The molecule has 0 atom stereocenters. The SMILES string of the molecule is I.NC(=NCCOc1ncccc1C(F)(F)F)N1CCCCC1. The molecule has 2 heterocycles. The second kappa shape index (κ2) is 9.14. The Morgan fingerprint density at radius 1 is 1.30 bits per heavy atom. The number of pyridine rings is 1. The van der Waals surface area contributed by atoms with Gasteiger partial charge in [0, 0.05) is 19.3 Å². The van der Waals surface area contributed by atoms with Gasteiger partial charge in [-0.05, 0) is 31.4 Å². The van der Waals surface area contributed by atoms with Gasteiger partial charge in [0.15, 0.2) is 5.96 Å². The van der Waals surface area contributed by atoms with Crippen LogP contribution in [0, 0.1) is 0 Å². The number of ether oxygens (including phenoxy) is 1. The van der Waals surface area contributed by atoms with Gasteiger partial charge in [-0.1, -0.05) is 0 Å². The first-order valence-electron chi connectivity index (χ1n) is 7.18. The summed E-state index contributed by atoms with van der Waals surface area (Å²) in [6.45, 7) is 1.92. The van der Waals surface area contributed by atoms with Crippen molar-refractivity contribution in [2.45, 2.75) is 25.4 Å². The minimum atomic E-state index is -4.49. The van der Waals surface area contributed by atoms with Gasteiger partial charge >= 0.3 is 6.18 Å². The number of nitrogens with zero attached hydrogens (tertiary/aromatic N) is 3. The maximum absolute atomic E-state index is 12.8. The van der Waals surface area contributed by atoms with Crippen LogP contribution >= 0.6 is 24.0 Å². The third kappa shape index (κ3) is 6.04. The minimum Gasteiger partial charge on any atom is -0.475 e. The van der Waals surface area contributed by atoms with Crippen LogP contribution < -0.4 is 10.5 Å². The number of piperidine rings is 1. The van der Waals surface area contributed by atoms with Crippen LogP contribution in [0.15, 0.2) is 23.3 Å². The number of hydrogen-bond acceptors (Lipinski definition) is 3. The van der Waals surface area contributed by atoms with Gasteiger partial charge in [-0.15, -0.1) is 24.0 Å². The van der Waals surface area contributed by atoms with E-state index in [1.165, 1.54) is 18.7 Å². The molecule has 130 valence electrons. The number of likely N-dealkylation sites (tertiary alicyclic amines) is 1. The summed E-state index contributed by atoms with van der Waals surface area (Å²) < 4.78 is 43.4. The summed E-state index contributed by atoms with van der Waals surface area (Å²) in [6, 6.07) is 2.16. The average Bonchev–Trinajstić information content (AvgIpc) is 2.51. The smallest absolute Gasteiger partial charge is 0.421 e. The molecule has 1 aliphatic heterocycles. The highest BCUT2D eigenvalue weighted by atomic mass is 127.